The lowest BCUT2D eigenvalue weighted by Crippen LogP contribution is -2.48. The van der Waals surface area contributed by atoms with Gasteiger partial charge < -0.3 is 21.5 Å². The molecule has 0 spiro atoms. The smallest absolute Gasteiger partial charge is 0.341 e. The van der Waals surface area contributed by atoms with E-state index in [4.69, 9.17) is 16.2 Å². The number of nitrogens with one attached hydrogen (secondary N) is 1. The van der Waals surface area contributed by atoms with Crippen molar-refractivity contribution in [2.75, 3.05) is 31.6 Å². The molecule has 1 aromatic rings. The molecule has 0 saturated carbocycles. The first-order valence-corrected chi connectivity index (χ1v) is 9.98. The Labute approximate surface area is 163 Å². The summed E-state index contributed by atoms with van der Waals surface area (Å²) < 4.78 is 5.05. The van der Waals surface area contributed by atoms with Crippen LogP contribution in [0.15, 0.2) is 0 Å². The normalized spacial score (nSPS) is 20.3. The minimum absolute atomic E-state index is 0.169. The zero-order valence-electron chi connectivity index (χ0n) is 16.0. The van der Waals surface area contributed by atoms with Crippen LogP contribution in [-0.4, -0.2) is 55.0 Å². The van der Waals surface area contributed by atoms with Crippen molar-refractivity contribution in [3.63, 3.8) is 0 Å². The summed E-state index contributed by atoms with van der Waals surface area (Å²) in [5, 5.41) is 3.05. The fourth-order valence-electron chi connectivity index (χ4n) is 3.36. The number of nitrogens with zero attached hydrogens (tertiary/aromatic N) is 1. The molecule has 0 radical (unpaired) electrons. The van der Waals surface area contributed by atoms with Gasteiger partial charge in [-0.15, -0.1) is 11.3 Å². The molecule has 1 saturated heterocycles. The lowest BCUT2D eigenvalue weighted by atomic mass is 9.91. The molecule has 1 fully saturated rings. The minimum atomic E-state index is -0.639. The number of piperidine rings is 1. The fourth-order valence-corrected chi connectivity index (χ4v) is 4.42. The molecule has 2 heterocycles. The van der Waals surface area contributed by atoms with Gasteiger partial charge in [-0.2, -0.15) is 0 Å². The molecule has 0 aromatic carbocycles. The molecular formula is C18H28N4O4S. The van der Waals surface area contributed by atoms with Gasteiger partial charge in [0.25, 0.3) is 5.91 Å². The maximum atomic E-state index is 12.5. The Bertz CT molecular complexity index is 718. The van der Waals surface area contributed by atoms with Crippen molar-refractivity contribution in [3.8, 4) is 0 Å². The monoisotopic (exact) mass is 396 g/mol. The topological polar surface area (TPSA) is 128 Å². The molecule has 2 rings (SSSR count). The zero-order chi connectivity index (χ0) is 20.1. The number of ether oxygens (including phenoxy) is 1. The van der Waals surface area contributed by atoms with Gasteiger partial charge in [-0.05, 0) is 31.7 Å². The van der Waals surface area contributed by atoms with Gasteiger partial charge in [-0.1, -0.05) is 13.3 Å². The highest BCUT2D eigenvalue weighted by Crippen LogP contribution is 2.33. The first-order chi connectivity index (χ1) is 12.8. The molecule has 0 bridgehead atoms. The molecule has 5 N–H and O–H groups in total. The van der Waals surface area contributed by atoms with E-state index in [-0.39, 0.29) is 35.5 Å². The highest BCUT2D eigenvalue weighted by molar-refractivity contribution is 7.18. The summed E-state index contributed by atoms with van der Waals surface area (Å²) in [4.78, 5) is 38.7. The van der Waals surface area contributed by atoms with Gasteiger partial charge in [-0.3, -0.25) is 14.5 Å². The lowest BCUT2D eigenvalue weighted by Gasteiger charge is -2.36. The van der Waals surface area contributed by atoms with E-state index in [0.717, 1.165) is 37.3 Å². The van der Waals surface area contributed by atoms with E-state index in [9.17, 15) is 14.4 Å². The number of thiophene rings is 1. The summed E-state index contributed by atoms with van der Waals surface area (Å²) >= 11 is 0.998. The number of carbonyl (C=O) groups excluding carboxylic acids is 3. The Hall–Kier alpha value is -1.97. The molecule has 150 valence electrons. The van der Waals surface area contributed by atoms with Gasteiger partial charge >= 0.3 is 5.97 Å². The van der Waals surface area contributed by atoms with E-state index in [1.54, 1.807) is 13.8 Å². The van der Waals surface area contributed by atoms with Crippen LogP contribution in [0.5, 0.6) is 0 Å². The van der Waals surface area contributed by atoms with Crippen LogP contribution in [0.2, 0.25) is 0 Å². The maximum absolute atomic E-state index is 12.5. The van der Waals surface area contributed by atoms with Gasteiger partial charge in [0, 0.05) is 19.1 Å². The number of esters is 1. The standard InChI is InChI=1S/C18H28N4O4S/c1-4-11-8-22(7-6-12(11)19)9-13(23)21-17-14(18(25)26-5-2)10(3)15(27-17)16(20)24/h11-12H,4-9,19H2,1-3H3,(H2,20,24)(H,21,23). The van der Waals surface area contributed by atoms with E-state index < -0.39 is 11.9 Å². The Kier molecular flexibility index (Phi) is 7.34. The first kappa shape index (κ1) is 21.3. The van der Waals surface area contributed by atoms with Gasteiger partial charge in [0.1, 0.15) is 5.00 Å². The number of hydrogen-bond donors (Lipinski definition) is 3. The molecule has 2 atom stereocenters. The number of hydrogen-bond acceptors (Lipinski definition) is 7. The predicted octanol–water partition coefficient (Wildman–Crippen LogP) is 1.33. The first-order valence-electron chi connectivity index (χ1n) is 9.16. The second-order valence-corrected chi connectivity index (χ2v) is 7.77. The van der Waals surface area contributed by atoms with Crippen LogP contribution in [0.25, 0.3) is 0 Å². The van der Waals surface area contributed by atoms with Gasteiger partial charge in [0.05, 0.1) is 23.6 Å². The number of primary amides is 1. The summed E-state index contributed by atoms with van der Waals surface area (Å²) in [5.41, 5.74) is 12.1. The van der Waals surface area contributed by atoms with Crippen molar-refractivity contribution in [2.45, 2.75) is 39.7 Å². The van der Waals surface area contributed by atoms with E-state index in [1.807, 2.05) is 0 Å². The van der Waals surface area contributed by atoms with Crippen LogP contribution in [0.3, 0.4) is 0 Å². The lowest BCUT2D eigenvalue weighted by molar-refractivity contribution is -0.117. The highest BCUT2D eigenvalue weighted by Gasteiger charge is 2.28. The second kappa shape index (κ2) is 9.29. The molecule has 0 aliphatic carbocycles. The third-order valence-electron chi connectivity index (χ3n) is 4.87. The minimum Gasteiger partial charge on any atom is -0.462 e. The Morgan fingerprint density at radius 1 is 1.33 bits per heavy atom. The Morgan fingerprint density at radius 2 is 2.04 bits per heavy atom. The molecule has 27 heavy (non-hydrogen) atoms. The maximum Gasteiger partial charge on any atom is 0.341 e. The Morgan fingerprint density at radius 3 is 2.63 bits per heavy atom. The SMILES string of the molecule is CCOC(=O)c1c(NC(=O)CN2CCC(N)C(CC)C2)sc(C(N)=O)c1C. The molecule has 1 aliphatic heterocycles. The largest absolute Gasteiger partial charge is 0.462 e. The number of amides is 2. The van der Waals surface area contributed by atoms with Crippen molar-refractivity contribution in [3.05, 3.63) is 16.0 Å². The summed E-state index contributed by atoms with van der Waals surface area (Å²) in [6.45, 7) is 7.33. The quantitative estimate of drug-likeness (QED) is 0.597. The van der Waals surface area contributed by atoms with E-state index in [1.165, 1.54) is 0 Å². The van der Waals surface area contributed by atoms with Gasteiger partial charge in [0.2, 0.25) is 5.91 Å². The number of likely N-dealkylation sites (tertiary alicyclic amines) is 1. The number of rotatable bonds is 7. The molecule has 2 amide bonds. The van der Waals surface area contributed by atoms with Crippen LogP contribution in [0.1, 0.15) is 52.3 Å². The van der Waals surface area contributed by atoms with Crippen molar-refractivity contribution in [2.24, 2.45) is 17.4 Å². The second-order valence-electron chi connectivity index (χ2n) is 6.75. The molecule has 1 aromatic heterocycles. The average molecular weight is 397 g/mol. The van der Waals surface area contributed by atoms with Gasteiger partial charge in [0.15, 0.2) is 0 Å². The van der Waals surface area contributed by atoms with E-state index in [0.29, 0.717) is 16.5 Å². The molecule has 8 nitrogen and oxygen atoms in total. The van der Waals surface area contributed by atoms with Crippen LogP contribution in [-0.2, 0) is 9.53 Å². The number of carbonyl (C=O) groups is 3. The number of anilines is 1. The highest BCUT2D eigenvalue weighted by atomic mass is 32.1. The fraction of sp³-hybridized carbons (Fsp3) is 0.611. The van der Waals surface area contributed by atoms with Crippen molar-refractivity contribution in [1.82, 2.24) is 4.90 Å². The third-order valence-corrected chi connectivity index (χ3v) is 6.09. The van der Waals surface area contributed by atoms with Gasteiger partial charge in [-0.25, -0.2) is 4.79 Å². The van der Waals surface area contributed by atoms with Crippen LogP contribution in [0.4, 0.5) is 5.00 Å². The van der Waals surface area contributed by atoms with Crippen LogP contribution in [0, 0.1) is 12.8 Å². The summed E-state index contributed by atoms with van der Waals surface area (Å²) in [7, 11) is 0. The summed E-state index contributed by atoms with van der Waals surface area (Å²) in [6, 6.07) is 0.169. The number of nitrogens with two attached hydrogens (primary N) is 2. The Balaban J connectivity index is 2.13. The molecular weight excluding hydrogens is 368 g/mol. The van der Waals surface area contributed by atoms with Crippen molar-refractivity contribution in [1.29, 1.82) is 0 Å². The average Bonchev–Trinajstić information content (AvgIpc) is 2.93. The van der Waals surface area contributed by atoms with Crippen molar-refractivity contribution >= 4 is 34.1 Å². The summed E-state index contributed by atoms with van der Waals surface area (Å²) in [5.74, 6) is -1.10. The molecule has 1 aliphatic rings. The van der Waals surface area contributed by atoms with E-state index in [2.05, 4.69) is 17.1 Å². The van der Waals surface area contributed by atoms with Crippen LogP contribution < -0.4 is 16.8 Å². The zero-order valence-corrected chi connectivity index (χ0v) is 16.9. The van der Waals surface area contributed by atoms with Crippen molar-refractivity contribution < 1.29 is 19.1 Å². The van der Waals surface area contributed by atoms with E-state index >= 15 is 0 Å². The molecule has 9 heteroatoms. The third kappa shape index (κ3) is 5.06. The van der Waals surface area contributed by atoms with Crippen LogP contribution >= 0.6 is 11.3 Å². The summed E-state index contributed by atoms with van der Waals surface area (Å²) in [6.07, 6.45) is 1.82. The molecule has 2 unspecified atom stereocenters. The predicted molar refractivity (Wildman–Crippen MR) is 105 cm³/mol.